The van der Waals surface area contributed by atoms with Gasteiger partial charge in [0.15, 0.2) is 0 Å². The lowest BCUT2D eigenvalue weighted by Gasteiger charge is -2.14. The third kappa shape index (κ3) is 5.36. The summed E-state index contributed by atoms with van der Waals surface area (Å²) in [7, 11) is 0. The minimum absolute atomic E-state index is 0.0928. The van der Waals surface area contributed by atoms with E-state index in [1.54, 1.807) is 24.3 Å². The van der Waals surface area contributed by atoms with Crippen molar-refractivity contribution < 1.29 is 9.59 Å². The van der Waals surface area contributed by atoms with Crippen LogP contribution < -0.4 is 5.32 Å². The number of anilines is 1. The monoisotopic (exact) mass is 514 g/mol. The van der Waals surface area contributed by atoms with Crippen LogP contribution in [0.4, 0.5) is 5.69 Å². The summed E-state index contributed by atoms with van der Waals surface area (Å²) in [6.45, 7) is 0.192. The number of nitrogens with one attached hydrogen (secondary N) is 1. The molecule has 0 atom stereocenters. The van der Waals surface area contributed by atoms with Crippen molar-refractivity contribution in [1.82, 2.24) is 4.90 Å². The van der Waals surface area contributed by atoms with Gasteiger partial charge in [-0.15, -0.1) is 0 Å². The van der Waals surface area contributed by atoms with Gasteiger partial charge >= 0.3 is 0 Å². The second-order valence-corrected chi connectivity index (χ2v) is 9.25. The molecule has 1 aliphatic heterocycles. The van der Waals surface area contributed by atoms with Gasteiger partial charge < -0.3 is 5.32 Å². The van der Waals surface area contributed by atoms with E-state index in [2.05, 4.69) is 21.2 Å². The maximum atomic E-state index is 12.6. The van der Waals surface area contributed by atoms with Crippen LogP contribution in [-0.4, -0.2) is 27.6 Å². The van der Waals surface area contributed by atoms with E-state index in [9.17, 15) is 9.59 Å². The summed E-state index contributed by atoms with van der Waals surface area (Å²) in [6, 6.07) is 12.4. The third-order valence-corrected chi connectivity index (χ3v) is 6.21. The number of rotatable bonds is 5. The molecule has 2 aromatic rings. The predicted molar refractivity (Wildman–Crippen MR) is 124 cm³/mol. The second kappa shape index (κ2) is 9.41. The van der Waals surface area contributed by atoms with Crippen LogP contribution in [0.15, 0.2) is 51.8 Å². The highest BCUT2D eigenvalue weighted by Crippen LogP contribution is 2.33. The van der Waals surface area contributed by atoms with Gasteiger partial charge in [-0.3, -0.25) is 14.5 Å². The molecule has 0 aromatic heterocycles. The Bertz CT molecular complexity index is 998. The van der Waals surface area contributed by atoms with E-state index >= 15 is 0 Å². The zero-order valence-electron chi connectivity index (χ0n) is 14.2. The Morgan fingerprint density at radius 3 is 2.75 bits per heavy atom. The van der Waals surface area contributed by atoms with Crippen molar-refractivity contribution in [3.63, 3.8) is 0 Å². The topological polar surface area (TPSA) is 49.4 Å². The lowest BCUT2D eigenvalue weighted by molar-refractivity contribution is -0.122. The fraction of sp³-hybridized carbons (Fsp3) is 0.105. The van der Waals surface area contributed by atoms with E-state index in [1.807, 2.05) is 24.3 Å². The molecule has 2 amide bonds. The fourth-order valence-corrected chi connectivity index (χ4v) is 4.64. The molecule has 4 nitrogen and oxygen atoms in total. The summed E-state index contributed by atoms with van der Waals surface area (Å²) in [6.07, 6.45) is 1.88. The van der Waals surface area contributed by atoms with E-state index in [-0.39, 0.29) is 24.8 Å². The Balaban J connectivity index is 1.62. The van der Waals surface area contributed by atoms with E-state index in [4.69, 9.17) is 35.4 Å². The van der Waals surface area contributed by atoms with E-state index < -0.39 is 0 Å². The average Bonchev–Trinajstić information content (AvgIpc) is 2.89. The number of amides is 2. The number of thioether (sulfide) groups is 1. The molecule has 0 spiro atoms. The first kappa shape index (κ1) is 21.3. The van der Waals surface area contributed by atoms with Gasteiger partial charge in [-0.2, -0.15) is 0 Å². The molecule has 0 bridgehead atoms. The lowest BCUT2D eigenvalue weighted by atomic mass is 10.2. The summed E-state index contributed by atoms with van der Waals surface area (Å²) in [5.74, 6) is -0.471. The van der Waals surface area contributed by atoms with Gasteiger partial charge in [0.2, 0.25) is 5.91 Å². The third-order valence-electron chi connectivity index (χ3n) is 3.79. The molecule has 3 rings (SSSR count). The van der Waals surface area contributed by atoms with Crippen LogP contribution in [0, 0.1) is 0 Å². The van der Waals surface area contributed by atoms with Crippen molar-refractivity contribution in [2.75, 3.05) is 11.9 Å². The quantitative estimate of drug-likeness (QED) is 0.392. The van der Waals surface area contributed by atoms with Crippen LogP contribution in [0.3, 0.4) is 0 Å². The number of hydrogen-bond acceptors (Lipinski definition) is 4. The lowest BCUT2D eigenvalue weighted by Crippen LogP contribution is -2.31. The number of nitrogens with zero attached hydrogens (tertiary/aromatic N) is 1. The molecule has 144 valence electrons. The van der Waals surface area contributed by atoms with Gasteiger partial charge in [0.25, 0.3) is 5.91 Å². The zero-order chi connectivity index (χ0) is 20.3. The Morgan fingerprint density at radius 1 is 1.25 bits per heavy atom. The largest absolute Gasteiger partial charge is 0.325 e. The molecule has 1 N–H and O–H groups in total. The number of carbonyl (C=O) groups excluding carboxylic acids is 2. The van der Waals surface area contributed by atoms with E-state index in [0.717, 1.165) is 10.0 Å². The molecule has 9 heteroatoms. The van der Waals surface area contributed by atoms with Crippen LogP contribution >= 0.6 is 63.1 Å². The van der Waals surface area contributed by atoms with Gasteiger partial charge in [-0.25, -0.2) is 0 Å². The number of carbonyl (C=O) groups is 2. The van der Waals surface area contributed by atoms with Crippen molar-refractivity contribution in [3.8, 4) is 0 Å². The number of benzene rings is 2. The molecule has 2 aromatic carbocycles. The standard InChI is InChI=1S/C19H13BrCl2N2O2S2/c20-12-3-1-2-11(8-12)9-16-18(26)24(19(27)28-16)7-6-17(25)23-15-5-4-13(21)10-14(15)22/h1-5,8-10H,6-7H2,(H,23,25)/b16-9-. The summed E-state index contributed by atoms with van der Waals surface area (Å²) >= 11 is 21.8. The van der Waals surface area contributed by atoms with E-state index in [0.29, 0.717) is 25.0 Å². The van der Waals surface area contributed by atoms with Gasteiger partial charge in [-0.1, -0.05) is 75.2 Å². The Hall–Kier alpha value is -1.38. The molecule has 1 aliphatic rings. The minimum atomic E-state index is -0.269. The highest BCUT2D eigenvalue weighted by Gasteiger charge is 2.32. The summed E-state index contributed by atoms with van der Waals surface area (Å²) in [4.78, 5) is 26.8. The molecular weight excluding hydrogens is 503 g/mol. The molecule has 1 heterocycles. The van der Waals surface area contributed by atoms with Crippen LogP contribution in [-0.2, 0) is 9.59 Å². The maximum Gasteiger partial charge on any atom is 0.266 e. The van der Waals surface area contributed by atoms with Crippen molar-refractivity contribution >= 4 is 91.0 Å². The first-order chi connectivity index (χ1) is 13.3. The fourth-order valence-electron chi connectivity index (χ4n) is 2.46. The number of thiocarbonyl (C=S) groups is 1. The van der Waals surface area contributed by atoms with Gasteiger partial charge in [0.05, 0.1) is 15.6 Å². The van der Waals surface area contributed by atoms with Gasteiger partial charge in [0.1, 0.15) is 4.32 Å². The molecule has 1 fully saturated rings. The number of hydrogen-bond donors (Lipinski definition) is 1. The first-order valence-electron chi connectivity index (χ1n) is 8.09. The first-order valence-corrected chi connectivity index (χ1v) is 10.9. The summed E-state index contributed by atoms with van der Waals surface area (Å²) in [5.41, 5.74) is 1.36. The number of halogens is 3. The van der Waals surface area contributed by atoms with Crippen molar-refractivity contribution in [1.29, 1.82) is 0 Å². The van der Waals surface area contributed by atoms with Crippen molar-refractivity contribution in [2.24, 2.45) is 0 Å². The van der Waals surface area contributed by atoms with Crippen LogP contribution in [0.1, 0.15) is 12.0 Å². The molecule has 0 aliphatic carbocycles. The molecular formula is C19H13BrCl2N2O2S2. The van der Waals surface area contributed by atoms with Gasteiger partial charge in [-0.05, 0) is 42.0 Å². The summed E-state index contributed by atoms with van der Waals surface area (Å²) < 4.78 is 1.36. The molecule has 0 saturated carbocycles. The molecule has 0 radical (unpaired) electrons. The minimum Gasteiger partial charge on any atom is -0.325 e. The Labute approximate surface area is 190 Å². The normalized spacial score (nSPS) is 15.4. The second-order valence-electron chi connectivity index (χ2n) is 5.81. The van der Waals surface area contributed by atoms with Crippen LogP contribution in [0.2, 0.25) is 10.0 Å². The molecule has 28 heavy (non-hydrogen) atoms. The average molecular weight is 516 g/mol. The highest BCUT2D eigenvalue weighted by atomic mass is 79.9. The van der Waals surface area contributed by atoms with Crippen molar-refractivity contribution in [3.05, 3.63) is 67.5 Å². The predicted octanol–water partition coefficient (Wildman–Crippen LogP) is 5.99. The SMILES string of the molecule is O=C(CCN1C(=O)/C(=C/c2cccc(Br)c2)SC1=S)Nc1ccc(Cl)cc1Cl. The zero-order valence-corrected chi connectivity index (χ0v) is 19.0. The van der Waals surface area contributed by atoms with Crippen molar-refractivity contribution in [2.45, 2.75) is 6.42 Å². The molecule has 0 unspecified atom stereocenters. The molecule has 1 saturated heterocycles. The Morgan fingerprint density at radius 2 is 2.04 bits per heavy atom. The maximum absolute atomic E-state index is 12.6. The van der Waals surface area contributed by atoms with E-state index in [1.165, 1.54) is 16.7 Å². The highest BCUT2D eigenvalue weighted by molar-refractivity contribution is 9.10. The van der Waals surface area contributed by atoms with Gasteiger partial charge in [0, 0.05) is 22.5 Å². The Kier molecular flexibility index (Phi) is 7.17. The van der Waals surface area contributed by atoms with Crippen LogP contribution in [0.5, 0.6) is 0 Å². The summed E-state index contributed by atoms with van der Waals surface area (Å²) in [5, 5.41) is 3.55. The van der Waals surface area contributed by atoms with Crippen LogP contribution in [0.25, 0.3) is 6.08 Å². The smallest absolute Gasteiger partial charge is 0.266 e.